The molecule has 2 heterocycles. The Hall–Kier alpha value is -3.39. The number of halogens is 1. The van der Waals surface area contributed by atoms with E-state index in [1.165, 1.54) is 5.56 Å². The zero-order valence-corrected chi connectivity index (χ0v) is 23.5. The molecule has 5 rings (SSSR count). The molecule has 1 atom stereocenters. The van der Waals surface area contributed by atoms with E-state index < -0.39 is 0 Å². The molecule has 39 heavy (non-hydrogen) atoms. The topological polar surface area (TPSA) is 61.4 Å². The molecule has 8 heteroatoms. The van der Waals surface area contributed by atoms with Gasteiger partial charge in [-0.05, 0) is 35.7 Å². The molecule has 3 aromatic carbocycles. The second-order valence-corrected chi connectivity index (χ2v) is 11.0. The molecular formula is C31H32ClN5OS. The Morgan fingerprint density at radius 3 is 2.26 bits per heavy atom. The molecule has 1 aromatic heterocycles. The first kappa shape index (κ1) is 27.2. The lowest BCUT2D eigenvalue weighted by molar-refractivity contribution is 0.0940. The molecule has 6 nitrogen and oxygen atoms in total. The first-order valence-electron chi connectivity index (χ1n) is 13.2. The van der Waals surface area contributed by atoms with Crippen molar-refractivity contribution >= 4 is 35.1 Å². The van der Waals surface area contributed by atoms with Gasteiger partial charge in [-0.15, -0.1) is 0 Å². The SMILES string of the molecule is CC(NC(=O)c1ccc(CSc2nc(Cl)cc(N3CCN(Cc4ccccc4)CC3)n2)cc1)c1ccccc1. The van der Waals surface area contributed by atoms with Crippen molar-refractivity contribution in [1.29, 1.82) is 0 Å². The van der Waals surface area contributed by atoms with Gasteiger partial charge in [0, 0.05) is 50.1 Å². The Balaban J connectivity index is 1.13. The highest BCUT2D eigenvalue weighted by Crippen LogP contribution is 2.26. The maximum atomic E-state index is 12.7. The number of carbonyl (C=O) groups excluding carboxylic acids is 1. The average molecular weight is 558 g/mol. The minimum absolute atomic E-state index is 0.0602. The van der Waals surface area contributed by atoms with Crippen LogP contribution in [0.2, 0.25) is 5.15 Å². The van der Waals surface area contributed by atoms with E-state index in [2.05, 4.69) is 50.4 Å². The lowest BCUT2D eigenvalue weighted by Crippen LogP contribution is -2.46. The number of thioether (sulfide) groups is 1. The largest absolute Gasteiger partial charge is 0.354 e. The number of benzene rings is 3. The van der Waals surface area contributed by atoms with Crippen LogP contribution in [0.25, 0.3) is 0 Å². The minimum atomic E-state index is -0.0859. The summed E-state index contributed by atoms with van der Waals surface area (Å²) in [5.41, 5.74) is 4.14. The van der Waals surface area contributed by atoms with Crippen molar-refractivity contribution < 1.29 is 4.79 Å². The molecule has 1 N–H and O–H groups in total. The smallest absolute Gasteiger partial charge is 0.251 e. The molecular weight excluding hydrogens is 526 g/mol. The van der Waals surface area contributed by atoms with E-state index in [1.807, 2.05) is 67.6 Å². The number of amides is 1. The zero-order chi connectivity index (χ0) is 27.0. The van der Waals surface area contributed by atoms with E-state index in [0.717, 1.165) is 49.7 Å². The first-order valence-corrected chi connectivity index (χ1v) is 14.5. The summed E-state index contributed by atoms with van der Waals surface area (Å²) < 4.78 is 0. The van der Waals surface area contributed by atoms with E-state index in [-0.39, 0.29) is 11.9 Å². The molecule has 200 valence electrons. The molecule has 1 aliphatic rings. The Morgan fingerprint density at radius 1 is 0.897 bits per heavy atom. The van der Waals surface area contributed by atoms with Gasteiger partial charge in [0.05, 0.1) is 6.04 Å². The van der Waals surface area contributed by atoms with E-state index in [0.29, 0.717) is 21.6 Å². The van der Waals surface area contributed by atoms with Gasteiger partial charge in [0.25, 0.3) is 5.91 Å². The summed E-state index contributed by atoms with van der Waals surface area (Å²) in [4.78, 5) is 26.7. The zero-order valence-electron chi connectivity index (χ0n) is 22.0. The predicted octanol–water partition coefficient (Wildman–Crippen LogP) is 6.24. The molecule has 0 saturated carbocycles. The highest BCUT2D eigenvalue weighted by molar-refractivity contribution is 7.98. The summed E-state index contributed by atoms with van der Waals surface area (Å²) in [5.74, 6) is 1.47. The number of nitrogens with one attached hydrogen (secondary N) is 1. The fourth-order valence-corrected chi connectivity index (χ4v) is 5.63. The Kier molecular flexibility index (Phi) is 9.14. The van der Waals surface area contributed by atoms with Crippen LogP contribution in [0, 0.1) is 0 Å². The maximum absolute atomic E-state index is 12.7. The molecule has 0 spiro atoms. The fourth-order valence-electron chi connectivity index (χ4n) is 4.59. The van der Waals surface area contributed by atoms with Crippen LogP contribution in [0.5, 0.6) is 0 Å². The maximum Gasteiger partial charge on any atom is 0.251 e. The minimum Gasteiger partial charge on any atom is -0.354 e. The average Bonchev–Trinajstić information content (AvgIpc) is 2.97. The van der Waals surface area contributed by atoms with Crippen molar-refractivity contribution in [3.8, 4) is 0 Å². The van der Waals surface area contributed by atoms with Gasteiger partial charge in [0.2, 0.25) is 0 Å². The summed E-state index contributed by atoms with van der Waals surface area (Å²) >= 11 is 7.93. The number of nitrogens with zero attached hydrogens (tertiary/aromatic N) is 4. The van der Waals surface area contributed by atoms with Crippen molar-refractivity contribution in [3.05, 3.63) is 118 Å². The highest BCUT2D eigenvalue weighted by atomic mass is 35.5. The van der Waals surface area contributed by atoms with Gasteiger partial charge in [0.15, 0.2) is 5.16 Å². The van der Waals surface area contributed by atoms with Crippen molar-refractivity contribution in [2.45, 2.75) is 30.4 Å². The summed E-state index contributed by atoms with van der Waals surface area (Å²) in [6.07, 6.45) is 0. The van der Waals surface area contributed by atoms with Crippen LogP contribution < -0.4 is 10.2 Å². The van der Waals surface area contributed by atoms with Gasteiger partial charge in [-0.25, -0.2) is 9.97 Å². The van der Waals surface area contributed by atoms with E-state index in [9.17, 15) is 4.79 Å². The molecule has 0 radical (unpaired) electrons. The molecule has 1 unspecified atom stereocenters. The molecule has 1 aliphatic heterocycles. The Bertz CT molecular complexity index is 1360. The number of rotatable bonds is 9. The van der Waals surface area contributed by atoms with Gasteiger partial charge in [-0.3, -0.25) is 9.69 Å². The van der Waals surface area contributed by atoms with Crippen LogP contribution in [0.3, 0.4) is 0 Å². The molecule has 4 aromatic rings. The van der Waals surface area contributed by atoms with Crippen molar-refractivity contribution in [3.63, 3.8) is 0 Å². The van der Waals surface area contributed by atoms with Crippen molar-refractivity contribution in [2.24, 2.45) is 0 Å². The van der Waals surface area contributed by atoms with E-state index >= 15 is 0 Å². The number of anilines is 1. The summed E-state index contributed by atoms with van der Waals surface area (Å²) in [5, 5.41) is 4.17. The Labute approximate surface area is 239 Å². The lowest BCUT2D eigenvalue weighted by Gasteiger charge is -2.35. The number of hydrogen-bond donors (Lipinski definition) is 1. The molecule has 0 aliphatic carbocycles. The van der Waals surface area contributed by atoms with E-state index in [4.69, 9.17) is 16.6 Å². The Morgan fingerprint density at radius 2 is 1.56 bits per heavy atom. The van der Waals surface area contributed by atoms with Crippen LogP contribution in [-0.4, -0.2) is 47.0 Å². The number of aromatic nitrogens is 2. The number of hydrogen-bond acceptors (Lipinski definition) is 6. The van der Waals surface area contributed by atoms with Gasteiger partial charge >= 0.3 is 0 Å². The van der Waals surface area contributed by atoms with Gasteiger partial charge < -0.3 is 10.2 Å². The third-order valence-electron chi connectivity index (χ3n) is 6.84. The standard InChI is InChI=1S/C31H32ClN5OS/c1-23(26-10-6-3-7-11-26)33-30(38)27-14-12-25(13-15-27)22-39-31-34-28(32)20-29(35-31)37-18-16-36(17-19-37)21-24-8-4-2-5-9-24/h2-15,20,23H,16-19,21-22H2,1H3,(H,33,38). The molecule has 1 amide bonds. The molecule has 0 bridgehead atoms. The third kappa shape index (κ3) is 7.60. The fraction of sp³-hybridized carbons (Fsp3) is 0.258. The van der Waals surface area contributed by atoms with Gasteiger partial charge in [-0.1, -0.05) is 96.2 Å². The quantitative estimate of drug-likeness (QED) is 0.149. The van der Waals surface area contributed by atoms with Crippen LogP contribution >= 0.6 is 23.4 Å². The van der Waals surface area contributed by atoms with Crippen molar-refractivity contribution in [1.82, 2.24) is 20.2 Å². The lowest BCUT2D eigenvalue weighted by atomic mass is 10.1. The first-order chi connectivity index (χ1) is 19.0. The van der Waals surface area contributed by atoms with Crippen LogP contribution in [0.4, 0.5) is 5.82 Å². The predicted molar refractivity (Wildman–Crippen MR) is 159 cm³/mol. The highest BCUT2D eigenvalue weighted by Gasteiger charge is 2.19. The van der Waals surface area contributed by atoms with E-state index in [1.54, 1.807) is 11.8 Å². The number of piperazine rings is 1. The van der Waals surface area contributed by atoms with Crippen molar-refractivity contribution in [2.75, 3.05) is 31.1 Å². The third-order valence-corrected chi connectivity index (χ3v) is 7.95. The van der Waals surface area contributed by atoms with Crippen LogP contribution in [-0.2, 0) is 12.3 Å². The van der Waals surface area contributed by atoms with Crippen LogP contribution in [0.15, 0.2) is 96.2 Å². The van der Waals surface area contributed by atoms with Gasteiger partial charge in [0.1, 0.15) is 11.0 Å². The summed E-state index contributed by atoms with van der Waals surface area (Å²) in [6.45, 7) is 6.70. The number of carbonyl (C=O) groups is 1. The normalized spacial score (nSPS) is 14.7. The summed E-state index contributed by atoms with van der Waals surface area (Å²) in [6, 6.07) is 30.0. The monoisotopic (exact) mass is 557 g/mol. The van der Waals surface area contributed by atoms with Gasteiger partial charge in [-0.2, -0.15) is 0 Å². The molecule has 1 saturated heterocycles. The summed E-state index contributed by atoms with van der Waals surface area (Å²) in [7, 11) is 0. The van der Waals surface area contributed by atoms with Crippen LogP contribution in [0.1, 0.15) is 40.0 Å². The molecule has 1 fully saturated rings. The second kappa shape index (κ2) is 13.1. The second-order valence-electron chi connectivity index (χ2n) is 9.67.